The van der Waals surface area contributed by atoms with Gasteiger partial charge in [0.15, 0.2) is 0 Å². The van der Waals surface area contributed by atoms with E-state index >= 15 is 0 Å². The molecule has 1 amide bonds. The van der Waals surface area contributed by atoms with E-state index in [2.05, 4.69) is 10.3 Å². The van der Waals surface area contributed by atoms with Gasteiger partial charge in [0, 0.05) is 11.5 Å². The van der Waals surface area contributed by atoms with Gasteiger partial charge in [0.05, 0.1) is 29.6 Å². The molecule has 0 aliphatic carbocycles. The van der Waals surface area contributed by atoms with Crippen LogP contribution >= 0.6 is 0 Å². The van der Waals surface area contributed by atoms with Crippen molar-refractivity contribution in [2.75, 3.05) is 12.4 Å². The van der Waals surface area contributed by atoms with Gasteiger partial charge in [-0.25, -0.2) is 4.39 Å². The molecule has 3 aromatic rings. The lowest BCUT2D eigenvalue weighted by Gasteiger charge is -2.12. The molecule has 4 nitrogen and oxygen atoms in total. The van der Waals surface area contributed by atoms with Crippen LogP contribution in [-0.2, 0) is 0 Å². The van der Waals surface area contributed by atoms with Crippen LogP contribution in [0.1, 0.15) is 21.6 Å². The van der Waals surface area contributed by atoms with Gasteiger partial charge in [-0.2, -0.15) is 0 Å². The molecule has 122 valence electrons. The van der Waals surface area contributed by atoms with E-state index < -0.39 is 5.82 Å². The number of aromatic nitrogens is 1. The summed E-state index contributed by atoms with van der Waals surface area (Å²) in [6.45, 7) is 3.78. The number of carbonyl (C=O) groups excluding carboxylic acids is 1. The first kappa shape index (κ1) is 15.9. The fraction of sp³-hybridized carbons (Fsp3) is 0.158. The number of amides is 1. The lowest BCUT2D eigenvalue weighted by molar-refractivity contribution is 0.102. The molecule has 24 heavy (non-hydrogen) atoms. The third kappa shape index (κ3) is 3.06. The third-order valence-electron chi connectivity index (χ3n) is 3.82. The van der Waals surface area contributed by atoms with Crippen molar-refractivity contribution < 1.29 is 13.9 Å². The van der Waals surface area contributed by atoms with Crippen LogP contribution in [0.2, 0.25) is 0 Å². The van der Waals surface area contributed by atoms with Crippen molar-refractivity contribution in [2.45, 2.75) is 13.8 Å². The van der Waals surface area contributed by atoms with E-state index in [0.717, 1.165) is 16.5 Å². The predicted octanol–water partition coefficient (Wildman–Crippen LogP) is 4.25. The Labute approximate surface area is 139 Å². The van der Waals surface area contributed by atoms with Crippen molar-refractivity contribution >= 4 is 22.5 Å². The molecule has 0 spiro atoms. The van der Waals surface area contributed by atoms with Gasteiger partial charge in [-0.1, -0.05) is 11.6 Å². The van der Waals surface area contributed by atoms with Crippen LogP contribution in [0.4, 0.5) is 10.1 Å². The molecular formula is C19H17FN2O2. The number of hydrogen-bond donors (Lipinski definition) is 1. The molecule has 0 saturated carbocycles. The van der Waals surface area contributed by atoms with E-state index in [-0.39, 0.29) is 11.7 Å². The average Bonchev–Trinajstić information content (AvgIpc) is 2.56. The highest BCUT2D eigenvalue weighted by Crippen LogP contribution is 2.26. The minimum absolute atomic E-state index is 0.269. The van der Waals surface area contributed by atoms with E-state index in [1.54, 1.807) is 6.92 Å². The zero-order valence-electron chi connectivity index (χ0n) is 13.7. The number of aryl methyl sites for hydroxylation is 2. The molecule has 0 saturated heterocycles. The van der Waals surface area contributed by atoms with E-state index in [1.165, 1.54) is 25.3 Å². The Bertz CT molecular complexity index is 938. The summed E-state index contributed by atoms with van der Waals surface area (Å²) in [4.78, 5) is 17.1. The van der Waals surface area contributed by atoms with Gasteiger partial charge < -0.3 is 10.1 Å². The molecule has 0 atom stereocenters. The number of hydrogen-bond acceptors (Lipinski definition) is 3. The number of carbonyl (C=O) groups is 1. The summed E-state index contributed by atoms with van der Waals surface area (Å²) in [7, 11) is 1.43. The first-order chi connectivity index (χ1) is 11.5. The van der Waals surface area contributed by atoms with Crippen molar-refractivity contribution in [3.05, 3.63) is 65.1 Å². The summed E-state index contributed by atoms with van der Waals surface area (Å²) >= 11 is 0. The summed E-state index contributed by atoms with van der Waals surface area (Å²) < 4.78 is 18.4. The van der Waals surface area contributed by atoms with Gasteiger partial charge in [0.1, 0.15) is 11.6 Å². The summed E-state index contributed by atoms with van der Waals surface area (Å²) in [5.41, 5.74) is 3.45. The van der Waals surface area contributed by atoms with E-state index in [0.29, 0.717) is 16.9 Å². The maximum Gasteiger partial charge on any atom is 0.257 e. The molecule has 0 aliphatic rings. The summed E-state index contributed by atoms with van der Waals surface area (Å²) in [6, 6.07) is 11.7. The van der Waals surface area contributed by atoms with Crippen LogP contribution in [0.3, 0.4) is 0 Å². The Morgan fingerprint density at radius 2 is 1.92 bits per heavy atom. The van der Waals surface area contributed by atoms with Gasteiger partial charge in [-0.05, 0) is 44.2 Å². The number of anilines is 1. The fourth-order valence-corrected chi connectivity index (χ4v) is 2.58. The minimum Gasteiger partial charge on any atom is -0.494 e. The first-order valence-electron chi connectivity index (χ1n) is 7.51. The van der Waals surface area contributed by atoms with Crippen LogP contribution in [0.25, 0.3) is 10.9 Å². The first-order valence-corrected chi connectivity index (χ1v) is 7.51. The maximum absolute atomic E-state index is 13.3. The Morgan fingerprint density at radius 1 is 1.12 bits per heavy atom. The Kier molecular flexibility index (Phi) is 4.16. The molecule has 3 rings (SSSR count). The normalized spacial score (nSPS) is 10.7. The van der Waals surface area contributed by atoms with E-state index in [1.807, 2.05) is 31.2 Å². The highest BCUT2D eigenvalue weighted by atomic mass is 19.1. The Morgan fingerprint density at radius 3 is 2.67 bits per heavy atom. The predicted molar refractivity (Wildman–Crippen MR) is 92.1 cm³/mol. The second-order valence-electron chi connectivity index (χ2n) is 5.62. The van der Waals surface area contributed by atoms with Crippen molar-refractivity contribution in [3.63, 3.8) is 0 Å². The van der Waals surface area contributed by atoms with Crippen molar-refractivity contribution in [1.29, 1.82) is 0 Å². The van der Waals surface area contributed by atoms with Gasteiger partial charge in [-0.15, -0.1) is 0 Å². The van der Waals surface area contributed by atoms with Crippen molar-refractivity contribution in [1.82, 2.24) is 4.98 Å². The summed E-state index contributed by atoms with van der Waals surface area (Å²) in [5, 5.41) is 3.65. The number of pyridine rings is 1. The standard InChI is InChI=1S/C19H17FN2O2/c1-11-4-6-16-13(8-11)9-15(12(2)21-16)19(23)22-17-7-5-14(20)10-18(17)24-3/h4-10H,1-3H3,(H,22,23). The monoisotopic (exact) mass is 324 g/mol. The fourth-order valence-electron chi connectivity index (χ4n) is 2.58. The zero-order chi connectivity index (χ0) is 17.3. The number of rotatable bonds is 3. The summed E-state index contributed by atoms with van der Waals surface area (Å²) in [5.74, 6) is -0.470. The van der Waals surface area contributed by atoms with Crippen LogP contribution in [0.15, 0.2) is 42.5 Å². The Balaban J connectivity index is 1.98. The Hall–Kier alpha value is -2.95. The molecule has 0 aliphatic heterocycles. The number of methoxy groups -OCH3 is 1. The van der Waals surface area contributed by atoms with E-state index in [4.69, 9.17) is 4.74 Å². The molecule has 0 radical (unpaired) electrons. The molecule has 2 aromatic carbocycles. The SMILES string of the molecule is COc1cc(F)ccc1NC(=O)c1cc2cc(C)ccc2nc1C. The van der Waals surface area contributed by atoms with Crippen LogP contribution in [0, 0.1) is 19.7 Å². The quantitative estimate of drug-likeness (QED) is 0.783. The van der Waals surface area contributed by atoms with Gasteiger partial charge >= 0.3 is 0 Å². The number of benzene rings is 2. The molecular weight excluding hydrogens is 307 g/mol. The van der Waals surface area contributed by atoms with Gasteiger partial charge in [0.2, 0.25) is 0 Å². The highest BCUT2D eigenvalue weighted by molar-refractivity contribution is 6.07. The molecule has 1 heterocycles. The number of ether oxygens (including phenoxy) is 1. The minimum atomic E-state index is -0.427. The van der Waals surface area contributed by atoms with Gasteiger partial charge in [-0.3, -0.25) is 9.78 Å². The van der Waals surface area contributed by atoms with E-state index in [9.17, 15) is 9.18 Å². The molecule has 0 fully saturated rings. The second-order valence-corrected chi connectivity index (χ2v) is 5.62. The van der Waals surface area contributed by atoms with Crippen molar-refractivity contribution in [3.8, 4) is 5.75 Å². The number of fused-ring (bicyclic) bond motifs is 1. The van der Waals surface area contributed by atoms with Crippen LogP contribution in [0.5, 0.6) is 5.75 Å². The molecule has 1 aromatic heterocycles. The summed E-state index contributed by atoms with van der Waals surface area (Å²) in [6.07, 6.45) is 0. The number of nitrogens with one attached hydrogen (secondary N) is 1. The zero-order valence-corrected chi connectivity index (χ0v) is 13.7. The number of halogens is 1. The molecule has 1 N–H and O–H groups in total. The largest absolute Gasteiger partial charge is 0.494 e. The lowest BCUT2D eigenvalue weighted by Crippen LogP contribution is -2.15. The molecule has 0 bridgehead atoms. The highest BCUT2D eigenvalue weighted by Gasteiger charge is 2.14. The molecule has 0 unspecified atom stereocenters. The van der Waals surface area contributed by atoms with Gasteiger partial charge in [0.25, 0.3) is 5.91 Å². The number of nitrogens with zero attached hydrogens (tertiary/aromatic N) is 1. The second kappa shape index (κ2) is 6.28. The molecule has 5 heteroatoms. The average molecular weight is 324 g/mol. The lowest BCUT2D eigenvalue weighted by atomic mass is 10.1. The van der Waals surface area contributed by atoms with Crippen LogP contribution < -0.4 is 10.1 Å². The van der Waals surface area contributed by atoms with Crippen molar-refractivity contribution in [2.24, 2.45) is 0 Å². The topological polar surface area (TPSA) is 51.2 Å². The smallest absolute Gasteiger partial charge is 0.257 e. The maximum atomic E-state index is 13.3. The third-order valence-corrected chi connectivity index (χ3v) is 3.82. The van der Waals surface area contributed by atoms with Crippen LogP contribution in [-0.4, -0.2) is 18.0 Å².